The molecular weight excluding hydrogens is 370 g/mol. The van der Waals surface area contributed by atoms with E-state index >= 15 is 0 Å². The lowest BCUT2D eigenvalue weighted by Gasteiger charge is -2.03. The van der Waals surface area contributed by atoms with Crippen molar-refractivity contribution in [3.8, 4) is 11.3 Å². The third-order valence-electron chi connectivity index (χ3n) is 5.42. The third-order valence-corrected chi connectivity index (χ3v) is 6.62. The van der Waals surface area contributed by atoms with Crippen molar-refractivity contribution in [1.29, 1.82) is 0 Å². The third kappa shape index (κ3) is 3.07. The second kappa shape index (κ2) is 7.02. The van der Waals surface area contributed by atoms with Crippen LogP contribution in [0.5, 0.6) is 0 Å². The quantitative estimate of drug-likeness (QED) is 0.473. The molecule has 6 heteroatoms. The Kier molecular flexibility index (Phi) is 4.36. The number of hydrogen-bond acceptors (Lipinski definition) is 5. The molecule has 0 atom stereocenters. The van der Waals surface area contributed by atoms with E-state index < -0.39 is 0 Å². The van der Waals surface area contributed by atoms with Crippen LogP contribution in [0.3, 0.4) is 0 Å². The van der Waals surface area contributed by atoms with Crippen molar-refractivity contribution in [2.24, 2.45) is 0 Å². The van der Waals surface area contributed by atoms with Gasteiger partial charge in [0.25, 0.3) is 5.56 Å². The molecule has 1 aliphatic carbocycles. The van der Waals surface area contributed by atoms with Gasteiger partial charge in [0.15, 0.2) is 5.76 Å². The molecule has 0 radical (unpaired) electrons. The van der Waals surface area contributed by atoms with E-state index in [9.17, 15) is 4.79 Å². The van der Waals surface area contributed by atoms with Gasteiger partial charge in [-0.15, -0.1) is 11.3 Å². The van der Waals surface area contributed by atoms with Crippen LogP contribution in [0.4, 0.5) is 0 Å². The van der Waals surface area contributed by atoms with E-state index in [2.05, 4.69) is 17.1 Å². The number of thiophene rings is 1. The van der Waals surface area contributed by atoms with Crippen molar-refractivity contribution in [1.82, 2.24) is 14.7 Å². The lowest BCUT2D eigenvalue weighted by Crippen LogP contribution is -2.21. The number of aromatic nitrogens is 3. The fourth-order valence-corrected chi connectivity index (χ4v) is 5.11. The average Bonchev–Trinajstić information content (AvgIpc) is 3.23. The molecule has 1 aliphatic rings. The molecule has 0 fully saturated rings. The van der Waals surface area contributed by atoms with Crippen molar-refractivity contribution >= 4 is 21.6 Å². The molecule has 0 unspecified atom stereocenters. The highest BCUT2D eigenvalue weighted by Crippen LogP contribution is 2.32. The van der Waals surface area contributed by atoms with Crippen molar-refractivity contribution in [3.05, 3.63) is 68.8 Å². The first kappa shape index (κ1) is 17.4. The Morgan fingerprint density at radius 1 is 1.14 bits per heavy atom. The summed E-state index contributed by atoms with van der Waals surface area (Å²) >= 11 is 1.68. The first-order chi connectivity index (χ1) is 13.7. The summed E-state index contributed by atoms with van der Waals surface area (Å²) in [5, 5.41) is 4.98. The molecule has 0 N–H and O–H groups in total. The number of rotatable bonds is 3. The van der Waals surface area contributed by atoms with Gasteiger partial charge in [-0.25, -0.2) is 4.98 Å². The summed E-state index contributed by atoms with van der Waals surface area (Å²) in [6.45, 7) is 2.39. The minimum absolute atomic E-state index is 0.0256. The van der Waals surface area contributed by atoms with Crippen molar-refractivity contribution in [2.75, 3.05) is 0 Å². The molecule has 4 aromatic rings. The maximum atomic E-state index is 13.2. The van der Waals surface area contributed by atoms with Gasteiger partial charge in [0, 0.05) is 16.5 Å². The summed E-state index contributed by atoms with van der Waals surface area (Å²) in [5.74, 6) is 0.653. The van der Waals surface area contributed by atoms with Crippen LogP contribution < -0.4 is 5.56 Å². The zero-order valence-electron chi connectivity index (χ0n) is 15.8. The molecule has 0 aliphatic heterocycles. The van der Waals surface area contributed by atoms with Crippen molar-refractivity contribution in [3.63, 3.8) is 0 Å². The minimum Gasteiger partial charge on any atom is -0.359 e. The van der Waals surface area contributed by atoms with Gasteiger partial charge in [0.1, 0.15) is 10.5 Å². The topological polar surface area (TPSA) is 60.9 Å². The van der Waals surface area contributed by atoms with Crippen molar-refractivity contribution in [2.45, 2.75) is 45.6 Å². The van der Waals surface area contributed by atoms with Crippen LogP contribution in [0.15, 0.2) is 46.0 Å². The first-order valence-electron chi connectivity index (χ1n) is 9.71. The predicted octanol–water partition coefficient (Wildman–Crippen LogP) is 4.74. The smallest absolute Gasteiger partial charge is 0.262 e. The van der Waals surface area contributed by atoms with Gasteiger partial charge in [-0.2, -0.15) is 0 Å². The van der Waals surface area contributed by atoms with E-state index in [0.29, 0.717) is 12.3 Å². The second-order valence-corrected chi connectivity index (χ2v) is 8.55. The van der Waals surface area contributed by atoms with Gasteiger partial charge in [-0.3, -0.25) is 9.36 Å². The Hall–Kier alpha value is -2.73. The standard InChI is InChI=1S/C22H21N3O2S/c1-14-7-9-15(10-8-14)18-11-16(27-24-18)12-25-13-23-21-20(22(25)26)17-5-3-2-4-6-19(17)28-21/h7-11,13H,2-6,12H2,1H3. The molecule has 0 saturated heterocycles. The Bertz CT molecular complexity index is 1200. The van der Waals surface area contributed by atoms with Gasteiger partial charge < -0.3 is 4.52 Å². The first-order valence-corrected chi connectivity index (χ1v) is 10.5. The van der Waals surface area contributed by atoms with Crippen LogP contribution in [0.1, 0.15) is 41.0 Å². The maximum Gasteiger partial charge on any atom is 0.262 e. The second-order valence-electron chi connectivity index (χ2n) is 7.47. The lowest BCUT2D eigenvalue weighted by molar-refractivity contribution is 0.376. The van der Waals surface area contributed by atoms with Crippen molar-refractivity contribution < 1.29 is 4.52 Å². The monoisotopic (exact) mass is 391 g/mol. The Morgan fingerprint density at radius 2 is 1.96 bits per heavy atom. The Morgan fingerprint density at radius 3 is 2.82 bits per heavy atom. The van der Waals surface area contributed by atoms with Crippen LogP contribution in [-0.2, 0) is 19.4 Å². The van der Waals surface area contributed by atoms with E-state index in [4.69, 9.17) is 4.52 Å². The number of aryl methyl sites for hydroxylation is 3. The summed E-state index contributed by atoms with van der Waals surface area (Å²) in [5.41, 5.74) is 4.24. The van der Waals surface area contributed by atoms with Gasteiger partial charge in [0.2, 0.25) is 0 Å². The highest BCUT2D eigenvalue weighted by molar-refractivity contribution is 7.18. The molecular formula is C22H21N3O2S. The average molecular weight is 391 g/mol. The number of nitrogens with zero attached hydrogens (tertiary/aromatic N) is 3. The summed E-state index contributed by atoms with van der Waals surface area (Å²) in [6, 6.07) is 10.0. The lowest BCUT2D eigenvalue weighted by atomic mass is 10.1. The van der Waals surface area contributed by atoms with Gasteiger partial charge in [-0.05, 0) is 38.2 Å². The molecule has 3 aromatic heterocycles. The normalized spacial score (nSPS) is 14.2. The van der Waals surface area contributed by atoms with Gasteiger partial charge in [0.05, 0.1) is 18.3 Å². The van der Waals surface area contributed by atoms with E-state index in [1.54, 1.807) is 22.2 Å². The maximum absolute atomic E-state index is 13.2. The fraction of sp³-hybridized carbons (Fsp3) is 0.318. The van der Waals surface area contributed by atoms with Crippen LogP contribution in [0.25, 0.3) is 21.5 Å². The van der Waals surface area contributed by atoms with Gasteiger partial charge in [-0.1, -0.05) is 41.4 Å². The minimum atomic E-state index is 0.0256. The van der Waals surface area contributed by atoms with E-state index in [0.717, 1.165) is 40.7 Å². The molecule has 3 heterocycles. The zero-order valence-corrected chi connectivity index (χ0v) is 16.6. The number of hydrogen-bond donors (Lipinski definition) is 0. The molecule has 0 spiro atoms. The summed E-state index contributed by atoms with van der Waals surface area (Å²) in [6.07, 6.45) is 7.27. The summed E-state index contributed by atoms with van der Waals surface area (Å²) in [7, 11) is 0. The molecule has 0 amide bonds. The number of fused-ring (bicyclic) bond motifs is 3. The molecule has 142 valence electrons. The van der Waals surface area contributed by atoms with E-state index in [-0.39, 0.29) is 5.56 Å². The van der Waals surface area contributed by atoms with Gasteiger partial charge >= 0.3 is 0 Å². The molecule has 5 rings (SSSR count). The molecule has 1 aromatic carbocycles. The van der Waals surface area contributed by atoms with E-state index in [1.807, 2.05) is 30.3 Å². The Labute approximate surface area is 166 Å². The SMILES string of the molecule is Cc1ccc(-c2cc(Cn3cnc4sc5c(c4c3=O)CCCCC5)on2)cc1. The van der Waals surface area contributed by atoms with Crippen LogP contribution in [0.2, 0.25) is 0 Å². The van der Waals surface area contributed by atoms with Crippen LogP contribution >= 0.6 is 11.3 Å². The molecule has 5 nitrogen and oxygen atoms in total. The van der Waals surface area contributed by atoms with Crippen LogP contribution in [0, 0.1) is 6.92 Å². The molecule has 28 heavy (non-hydrogen) atoms. The van der Waals surface area contributed by atoms with Crippen LogP contribution in [-0.4, -0.2) is 14.7 Å². The Balaban J connectivity index is 1.49. The molecule has 0 bridgehead atoms. The zero-order chi connectivity index (χ0) is 19.1. The summed E-state index contributed by atoms with van der Waals surface area (Å²) < 4.78 is 7.14. The highest BCUT2D eigenvalue weighted by Gasteiger charge is 2.19. The number of benzene rings is 1. The highest BCUT2D eigenvalue weighted by atomic mass is 32.1. The molecule has 0 saturated carbocycles. The fourth-order valence-electron chi connectivity index (χ4n) is 3.89. The largest absolute Gasteiger partial charge is 0.359 e. The van der Waals surface area contributed by atoms with E-state index in [1.165, 1.54) is 28.8 Å². The predicted molar refractivity (Wildman–Crippen MR) is 111 cm³/mol. The summed E-state index contributed by atoms with van der Waals surface area (Å²) in [4.78, 5) is 19.9.